The number of rotatable bonds is 7. The van der Waals surface area contributed by atoms with Gasteiger partial charge in [0.25, 0.3) is 0 Å². The fourth-order valence-electron chi connectivity index (χ4n) is 5.98. The molecule has 164 valence electrons. The van der Waals surface area contributed by atoms with Gasteiger partial charge in [-0.15, -0.1) is 0 Å². The van der Waals surface area contributed by atoms with Crippen LogP contribution in [0.4, 0.5) is 0 Å². The van der Waals surface area contributed by atoms with Gasteiger partial charge in [-0.3, -0.25) is 9.59 Å². The van der Waals surface area contributed by atoms with Crippen molar-refractivity contribution in [2.75, 3.05) is 0 Å². The third-order valence-corrected chi connectivity index (χ3v) is 8.00. The standard InChI is InChI=1S/C27H29N3O2/c1-3-4-7-19(2)29-25(32)27-13-10-26(11-14-27,12-15-27)24(31)16-22-20-8-5-6-9-21(20)23-17-28-18-30(22)23/h3-9,17-18,22H,1-2,10-16H2,(H,29,32)/b7-4-. The number of nitrogens with one attached hydrogen (secondary N) is 1. The molecule has 1 unspecified atom stereocenters. The van der Waals surface area contributed by atoms with E-state index in [0.29, 0.717) is 17.9 Å². The Bertz CT molecular complexity index is 1110. The van der Waals surface area contributed by atoms with E-state index in [0.717, 1.165) is 44.2 Å². The summed E-state index contributed by atoms with van der Waals surface area (Å²) in [6.07, 6.45) is 14.1. The Hall–Kier alpha value is -3.21. The number of fused-ring (bicyclic) bond motifs is 6. The zero-order valence-corrected chi connectivity index (χ0v) is 18.3. The Balaban J connectivity index is 1.29. The lowest BCUT2D eigenvalue weighted by atomic mass is 9.51. The van der Waals surface area contributed by atoms with Crippen LogP contribution in [0.25, 0.3) is 11.3 Å². The zero-order valence-electron chi connectivity index (χ0n) is 18.3. The smallest absolute Gasteiger partial charge is 0.230 e. The minimum Gasteiger partial charge on any atom is -0.326 e. The van der Waals surface area contributed by atoms with Crippen molar-refractivity contribution in [1.29, 1.82) is 0 Å². The van der Waals surface area contributed by atoms with Crippen LogP contribution in [-0.4, -0.2) is 21.2 Å². The molecule has 6 rings (SSSR count). The van der Waals surface area contributed by atoms with Gasteiger partial charge in [-0.2, -0.15) is 0 Å². The normalized spacial score (nSPS) is 27.7. The molecule has 0 saturated heterocycles. The number of carbonyl (C=O) groups is 2. The van der Waals surface area contributed by atoms with E-state index in [1.165, 1.54) is 11.1 Å². The molecular weight excluding hydrogens is 398 g/mol. The molecule has 0 radical (unpaired) electrons. The molecule has 2 bridgehead atoms. The number of Topliss-reactive ketones (excluding diaryl/α,β-unsaturated/α-hetero) is 1. The van der Waals surface area contributed by atoms with Crippen molar-refractivity contribution in [1.82, 2.24) is 14.9 Å². The van der Waals surface area contributed by atoms with E-state index in [4.69, 9.17) is 0 Å². The summed E-state index contributed by atoms with van der Waals surface area (Å²) in [4.78, 5) is 31.0. The molecule has 1 aromatic carbocycles. The predicted molar refractivity (Wildman–Crippen MR) is 125 cm³/mol. The lowest BCUT2D eigenvalue weighted by Crippen LogP contribution is -2.52. The molecule has 4 aliphatic rings. The van der Waals surface area contributed by atoms with Crippen LogP contribution in [0.1, 0.15) is 56.6 Å². The highest BCUT2D eigenvalue weighted by atomic mass is 16.2. The van der Waals surface area contributed by atoms with Crippen LogP contribution >= 0.6 is 0 Å². The number of carbonyl (C=O) groups excluding carboxylic acids is 2. The quantitative estimate of drug-likeness (QED) is 0.624. The molecule has 32 heavy (non-hydrogen) atoms. The second-order valence-electron chi connectivity index (χ2n) is 9.55. The van der Waals surface area contributed by atoms with Crippen LogP contribution in [0, 0.1) is 10.8 Å². The van der Waals surface area contributed by atoms with Crippen LogP contribution in [0.5, 0.6) is 0 Å². The minimum absolute atomic E-state index is 0.0162. The summed E-state index contributed by atoms with van der Waals surface area (Å²) in [6, 6.07) is 8.33. The summed E-state index contributed by atoms with van der Waals surface area (Å²) in [6.45, 7) is 7.55. The number of ketones is 1. The molecule has 1 aromatic heterocycles. The fraction of sp³-hybridized carbons (Fsp3) is 0.370. The second-order valence-corrected chi connectivity index (χ2v) is 9.55. The van der Waals surface area contributed by atoms with E-state index in [1.807, 2.05) is 24.7 Å². The Morgan fingerprint density at radius 3 is 2.53 bits per heavy atom. The van der Waals surface area contributed by atoms with E-state index >= 15 is 0 Å². The number of nitrogens with zero attached hydrogens (tertiary/aromatic N) is 2. The maximum Gasteiger partial charge on any atom is 0.230 e. The lowest BCUT2D eigenvalue weighted by Gasteiger charge is -2.51. The van der Waals surface area contributed by atoms with E-state index < -0.39 is 0 Å². The molecule has 1 atom stereocenters. The molecule has 2 aromatic rings. The van der Waals surface area contributed by atoms with Crippen molar-refractivity contribution in [2.45, 2.75) is 51.0 Å². The SMILES string of the molecule is C=C/C=C\C(=C)NC(=O)C12CCC(C(=O)CC3c4ccccc4-c4cncn43)(CC1)CC2. The predicted octanol–water partition coefficient (Wildman–Crippen LogP) is 5.12. The molecular formula is C27H29N3O2. The highest BCUT2D eigenvalue weighted by Gasteiger charge is 2.55. The molecule has 1 amide bonds. The Morgan fingerprint density at radius 2 is 1.81 bits per heavy atom. The Labute approximate surface area is 188 Å². The third kappa shape index (κ3) is 3.19. The first-order chi connectivity index (χ1) is 15.5. The van der Waals surface area contributed by atoms with Gasteiger partial charge in [0.15, 0.2) is 0 Å². The number of hydrogen-bond donors (Lipinski definition) is 1. The van der Waals surface area contributed by atoms with Gasteiger partial charge in [-0.05, 0) is 50.2 Å². The maximum atomic E-state index is 13.7. The van der Waals surface area contributed by atoms with Gasteiger partial charge in [0, 0.05) is 28.5 Å². The molecule has 3 saturated carbocycles. The van der Waals surface area contributed by atoms with Gasteiger partial charge in [0.1, 0.15) is 5.78 Å². The van der Waals surface area contributed by atoms with Gasteiger partial charge in [-0.1, -0.05) is 49.6 Å². The van der Waals surface area contributed by atoms with Crippen molar-refractivity contribution < 1.29 is 9.59 Å². The summed E-state index contributed by atoms with van der Waals surface area (Å²) in [5.41, 5.74) is 3.39. The summed E-state index contributed by atoms with van der Waals surface area (Å²) < 4.78 is 2.14. The van der Waals surface area contributed by atoms with Gasteiger partial charge >= 0.3 is 0 Å². The van der Waals surface area contributed by atoms with Crippen LogP contribution < -0.4 is 5.32 Å². The minimum atomic E-state index is -0.371. The first-order valence-corrected chi connectivity index (χ1v) is 11.4. The zero-order chi connectivity index (χ0) is 22.3. The molecule has 3 fully saturated rings. The maximum absolute atomic E-state index is 13.7. The molecule has 2 heterocycles. The summed E-state index contributed by atoms with van der Waals surface area (Å²) >= 11 is 0. The second kappa shape index (κ2) is 7.73. The fourth-order valence-corrected chi connectivity index (χ4v) is 5.98. The molecule has 3 aliphatic carbocycles. The van der Waals surface area contributed by atoms with Crippen molar-refractivity contribution >= 4 is 11.7 Å². The summed E-state index contributed by atoms with van der Waals surface area (Å²) in [5.74, 6) is 0.385. The van der Waals surface area contributed by atoms with E-state index in [-0.39, 0.29) is 22.8 Å². The van der Waals surface area contributed by atoms with Crippen LogP contribution in [0.3, 0.4) is 0 Å². The average Bonchev–Trinajstić information content (AvgIpc) is 3.41. The largest absolute Gasteiger partial charge is 0.326 e. The lowest BCUT2D eigenvalue weighted by molar-refractivity contribution is -0.149. The van der Waals surface area contributed by atoms with Crippen molar-refractivity contribution in [3.05, 3.63) is 79.4 Å². The summed E-state index contributed by atoms with van der Waals surface area (Å²) in [5, 5.41) is 2.96. The Morgan fingerprint density at radius 1 is 1.12 bits per heavy atom. The number of allylic oxidation sites excluding steroid dienone is 3. The number of benzene rings is 1. The summed E-state index contributed by atoms with van der Waals surface area (Å²) in [7, 11) is 0. The third-order valence-electron chi connectivity index (χ3n) is 8.00. The average molecular weight is 428 g/mol. The van der Waals surface area contributed by atoms with Gasteiger partial charge in [0.2, 0.25) is 5.91 Å². The topological polar surface area (TPSA) is 64.0 Å². The Kier molecular flexibility index (Phi) is 5.00. The number of aromatic nitrogens is 2. The number of hydrogen-bond acceptors (Lipinski definition) is 3. The molecule has 1 N–H and O–H groups in total. The first-order valence-electron chi connectivity index (χ1n) is 11.4. The van der Waals surface area contributed by atoms with E-state index in [2.05, 4.69) is 40.2 Å². The van der Waals surface area contributed by atoms with E-state index in [1.54, 1.807) is 18.2 Å². The van der Waals surface area contributed by atoms with Crippen LogP contribution in [0.15, 0.2) is 73.9 Å². The molecule has 5 nitrogen and oxygen atoms in total. The van der Waals surface area contributed by atoms with Crippen molar-refractivity contribution in [3.63, 3.8) is 0 Å². The molecule has 1 aliphatic heterocycles. The van der Waals surface area contributed by atoms with Crippen LogP contribution in [-0.2, 0) is 9.59 Å². The number of amides is 1. The van der Waals surface area contributed by atoms with Gasteiger partial charge < -0.3 is 9.88 Å². The van der Waals surface area contributed by atoms with Crippen molar-refractivity contribution in [3.8, 4) is 11.3 Å². The number of imidazole rings is 1. The first kappa shape index (κ1) is 20.7. The van der Waals surface area contributed by atoms with Crippen LogP contribution in [0.2, 0.25) is 0 Å². The highest BCUT2D eigenvalue weighted by Crippen LogP contribution is 2.58. The van der Waals surface area contributed by atoms with E-state index in [9.17, 15) is 9.59 Å². The molecule has 5 heteroatoms. The van der Waals surface area contributed by atoms with Gasteiger partial charge in [-0.25, -0.2) is 4.98 Å². The molecule has 0 spiro atoms. The highest BCUT2D eigenvalue weighted by molar-refractivity contribution is 5.89. The van der Waals surface area contributed by atoms with Crippen molar-refractivity contribution in [2.24, 2.45) is 10.8 Å². The monoisotopic (exact) mass is 427 g/mol. The van der Waals surface area contributed by atoms with Gasteiger partial charge in [0.05, 0.1) is 24.3 Å².